The normalized spacial score (nSPS) is 11.0. The molecular weight excluding hydrogens is 264 g/mol. The third kappa shape index (κ3) is 11.8. The molecule has 0 saturated heterocycles. The Bertz CT molecular complexity index is 314. The Labute approximate surface area is 139 Å². The molecule has 0 bridgehead atoms. The molecule has 0 heteroatoms. The maximum absolute atomic E-state index is 3.26. The van der Waals surface area contributed by atoms with Gasteiger partial charge in [0.2, 0.25) is 0 Å². The molecule has 0 aliphatic rings. The topological polar surface area (TPSA) is 0 Å². The molecule has 1 aromatic rings. The van der Waals surface area contributed by atoms with E-state index in [2.05, 4.69) is 25.1 Å². The highest BCUT2D eigenvalue weighted by molar-refractivity contribution is 5.11. The van der Waals surface area contributed by atoms with E-state index in [9.17, 15) is 0 Å². The fourth-order valence-corrected chi connectivity index (χ4v) is 3.04. The highest BCUT2D eigenvalue weighted by atomic mass is 14.0. The predicted octanol–water partition coefficient (Wildman–Crippen LogP) is 7.31. The summed E-state index contributed by atoms with van der Waals surface area (Å²) in [7, 11) is 0. The van der Waals surface area contributed by atoms with Gasteiger partial charge in [-0.3, -0.25) is 0 Å². The Kier molecular flexibility index (Phi) is 13.2. The van der Waals surface area contributed by atoms with Crippen LogP contribution in [-0.2, 0) is 6.42 Å². The second-order valence-corrected chi connectivity index (χ2v) is 6.66. The van der Waals surface area contributed by atoms with Crippen molar-refractivity contribution in [1.29, 1.82) is 0 Å². The second-order valence-electron chi connectivity index (χ2n) is 6.66. The number of hydrogen-bond acceptors (Lipinski definition) is 0. The number of aryl methyl sites for hydroxylation is 1. The molecule has 0 saturated carbocycles. The third-order valence-electron chi connectivity index (χ3n) is 4.52. The van der Waals surface area contributed by atoms with Crippen molar-refractivity contribution < 1.29 is 0 Å². The Morgan fingerprint density at radius 2 is 1.18 bits per heavy atom. The van der Waals surface area contributed by atoms with Crippen LogP contribution in [0.1, 0.15) is 102 Å². The minimum Gasteiger partial charge on any atom is -0.0654 e. The van der Waals surface area contributed by atoms with E-state index in [4.69, 9.17) is 0 Å². The van der Waals surface area contributed by atoms with Gasteiger partial charge in [-0.1, -0.05) is 103 Å². The monoisotopic (exact) mass is 300 g/mol. The van der Waals surface area contributed by atoms with Crippen molar-refractivity contribution in [1.82, 2.24) is 0 Å². The standard InChI is InChI=1S/C22H36/c1-2-3-4-5-6-7-8-9-10-11-12-13-14-16-19-22-20-17-15-18-21-22/h17-18,20H,2-14,16,19H2,1H3. The van der Waals surface area contributed by atoms with Gasteiger partial charge >= 0.3 is 0 Å². The van der Waals surface area contributed by atoms with Crippen molar-refractivity contribution in [2.45, 2.75) is 103 Å². The first-order valence-electron chi connectivity index (χ1n) is 9.80. The van der Waals surface area contributed by atoms with Gasteiger partial charge in [0.1, 0.15) is 0 Å². The molecule has 0 amide bonds. The Hall–Kier alpha value is -0.780. The van der Waals surface area contributed by atoms with Crippen LogP contribution in [0.2, 0.25) is 0 Å². The summed E-state index contributed by atoms with van der Waals surface area (Å²) in [5.74, 6) is 0. The minimum atomic E-state index is 1.19. The second kappa shape index (κ2) is 15.1. The summed E-state index contributed by atoms with van der Waals surface area (Å²) >= 11 is 0. The summed E-state index contributed by atoms with van der Waals surface area (Å²) in [6.07, 6.45) is 21.2. The van der Waals surface area contributed by atoms with Gasteiger partial charge in [-0.15, -0.1) is 0 Å². The van der Waals surface area contributed by atoms with Crippen LogP contribution in [0, 0.1) is 12.1 Å². The maximum Gasteiger partial charge on any atom is -0.0143 e. The minimum absolute atomic E-state index is 1.19. The van der Waals surface area contributed by atoms with Crippen molar-refractivity contribution in [3.05, 3.63) is 35.9 Å². The summed E-state index contributed by atoms with van der Waals surface area (Å²) in [6, 6.07) is 12.3. The molecular formula is C22H36. The zero-order chi connectivity index (χ0) is 15.7. The molecule has 0 N–H and O–H groups in total. The van der Waals surface area contributed by atoms with Gasteiger partial charge in [0.05, 0.1) is 0 Å². The van der Waals surface area contributed by atoms with E-state index in [0.29, 0.717) is 0 Å². The molecule has 22 heavy (non-hydrogen) atoms. The molecule has 0 atom stereocenters. The predicted molar refractivity (Wildman–Crippen MR) is 98.1 cm³/mol. The average Bonchev–Trinajstić information content (AvgIpc) is 2.56. The Morgan fingerprint density at radius 3 is 1.64 bits per heavy atom. The lowest BCUT2D eigenvalue weighted by Crippen LogP contribution is -1.86. The van der Waals surface area contributed by atoms with E-state index in [1.807, 2.05) is 12.1 Å². The zero-order valence-corrected chi connectivity index (χ0v) is 14.8. The van der Waals surface area contributed by atoms with E-state index in [1.54, 1.807) is 0 Å². The van der Waals surface area contributed by atoms with Crippen LogP contribution in [-0.4, -0.2) is 0 Å². The van der Waals surface area contributed by atoms with Crippen LogP contribution in [0.15, 0.2) is 18.2 Å². The van der Waals surface area contributed by atoms with E-state index >= 15 is 0 Å². The number of benzene rings is 1. The van der Waals surface area contributed by atoms with Crippen LogP contribution in [0.25, 0.3) is 0 Å². The first kappa shape index (κ1) is 19.3. The van der Waals surface area contributed by atoms with Gasteiger partial charge in [0.15, 0.2) is 0 Å². The van der Waals surface area contributed by atoms with Gasteiger partial charge < -0.3 is 0 Å². The highest BCUT2D eigenvalue weighted by Gasteiger charge is 1.95. The van der Waals surface area contributed by atoms with Gasteiger partial charge in [0, 0.05) is 0 Å². The third-order valence-corrected chi connectivity index (χ3v) is 4.52. The summed E-state index contributed by atoms with van der Waals surface area (Å²) in [5.41, 5.74) is 1.35. The van der Waals surface area contributed by atoms with Gasteiger partial charge in [-0.05, 0) is 36.6 Å². The largest absolute Gasteiger partial charge is 0.0654 e. The molecule has 0 unspecified atom stereocenters. The molecule has 0 fully saturated rings. The summed E-state index contributed by atoms with van der Waals surface area (Å²) in [6.45, 7) is 2.29. The first-order valence-corrected chi connectivity index (χ1v) is 9.80. The van der Waals surface area contributed by atoms with Crippen molar-refractivity contribution >= 4 is 0 Å². The number of unbranched alkanes of at least 4 members (excludes halogenated alkanes) is 13. The molecule has 2 radical (unpaired) electrons. The lowest BCUT2D eigenvalue weighted by molar-refractivity contribution is 0.535. The fourth-order valence-electron chi connectivity index (χ4n) is 3.04. The SMILES string of the molecule is CCCCCCCCCCCCCCCCc1[c]c[c]cc1. The first-order chi connectivity index (χ1) is 10.9. The van der Waals surface area contributed by atoms with Crippen molar-refractivity contribution in [2.24, 2.45) is 0 Å². The van der Waals surface area contributed by atoms with Crippen molar-refractivity contribution in [2.75, 3.05) is 0 Å². The Balaban J connectivity index is 1.73. The van der Waals surface area contributed by atoms with Crippen LogP contribution in [0.5, 0.6) is 0 Å². The van der Waals surface area contributed by atoms with E-state index in [-0.39, 0.29) is 0 Å². The van der Waals surface area contributed by atoms with Gasteiger partial charge in [0.25, 0.3) is 0 Å². The van der Waals surface area contributed by atoms with Crippen LogP contribution in [0.4, 0.5) is 0 Å². The zero-order valence-electron chi connectivity index (χ0n) is 14.8. The molecule has 0 aliphatic heterocycles. The van der Waals surface area contributed by atoms with Crippen molar-refractivity contribution in [3.8, 4) is 0 Å². The quantitative estimate of drug-likeness (QED) is 0.298. The van der Waals surface area contributed by atoms with Gasteiger partial charge in [-0.25, -0.2) is 0 Å². The van der Waals surface area contributed by atoms with Gasteiger partial charge in [-0.2, -0.15) is 0 Å². The smallest absolute Gasteiger partial charge is 0.0143 e. The molecule has 124 valence electrons. The molecule has 1 rings (SSSR count). The average molecular weight is 301 g/mol. The van der Waals surface area contributed by atoms with Crippen LogP contribution >= 0.6 is 0 Å². The number of rotatable bonds is 15. The van der Waals surface area contributed by atoms with E-state index in [1.165, 1.54) is 102 Å². The van der Waals surface area contributed by atoms with Crippen molar-refractivity contribution in [3.63, 3.8) is 0 Å². The molecule has 1 aromatic carbocycles. The summed E-state index contributed by atoms with van der Waals surface area (Å²) in [4.78, 5) is 0. The van der Waals surface area contributed by atoms with Crippen LogP contribution < -0.4 is 0 Å². The highest BCUT2D eigenvalue weighted by Crippen LogP contribution is 2.13. The fraction of sp³-hybridized carbons (Fsp3) is 0.727. The maximum atomic E-state index is 3.26. The van der Waals surface area contributed by atoms with Crippen LogP contribution in [0.3, 0.4) is 0 Å². The molecule has 0 spiro atoms. The number of hydrogen-bond donors (Lipinski definition) is 0. The molecule has 0 aromatic heterocycles. The molecule has 0 heterocycles. The van der Waals surface area contributed by atoms with E-state index < -0.39 is 0 Å². The molecule has 0 nitrogen and oxygen atoms in total. The lowest BCUT2D eigenvalue weighted by atomic mass is 10.0. The molecule has 0 aliphatic carbocycles. The summed E-state index contributed by atoms with van der Waals surface area (Å²) in [5, 5.41) is 0. The van der Waals surface area contributed by atoms with E-state index in [0.717, 1.165) is 0 Å². The lowest BCUT2D eigenvalue weighted by Gasteiger charge is -2.03. The summed E-state index contributed by atoms with van der Waals surface area (Å²) < 4.78 is 0. The Morgan fingerprint density at radius 1 is 0.682 bits per heavy atom.